The number of rotatable bonds is 10. The first-order chi connectivity index (χ1) is 17.8. The van der Waals surface area contributed by atoms with E-state index in [-0.39, 0.29) is 23.9 Å². The summed E-state index contributed by atoms with van der Waals surface area (Å²) in [6.45, 7) is 3.06. The van der Waals surface area contributed by atoms with E-state index >= 15 is 0 Å². The molecule has 1 aliphatic heterocycles. The Morgan fingerprint density at radius 3 is 2.84 bits per heavy atom. The van der Waals surface area contributed by atoms with Gasteiger partial charge in [0.2, 0.25) is 5.88 Å². The van der Waals surface area contributed by atoms with Gasteiger partial charge in [0.05, 0.1) is 49.7 Å². The van der Waals surface area contributed by atoms with Crippen molar-refractivity contribution < 1.29 is 36.2 Å². The van der Waals surface area contributed by atoms with E-state index in [0.29, 0.717) is 35.2 Å². The standard InChI is InChI=1S/C22H23F2N5O6S2/c1-2-34-18-11-25-9-15(27-18)17-10-26-21(36-17)20(30)28-19(16-12-33-6-7-35-16)13-4-3-5-14(8-13)29-37(31,32)22(23)24/h3-5,8-11,16,19,22,29H,2,6-7,12H2,1H3,(H,28,30)/t16-,19-/m1/s1. The highest BCUT2D eigenvalue weighted by Crippen LogP contribution is 2.28. The quantitative estimate of drug-likeness (QED) is 0.386. The molecule has 1 fully saturated rings. The van der Waals surface area contributed by atoms with Crippen LogP contribution in [0.1, 0.15) is 28.3 Å². The highest BCUT2D eigenvalue weighted by atomic mass is 32.2. The van der Waals surface area contributed by atoms with E-state index in [0.717, 1.165) is 11.3 Å². The van der Waals surface area contributed by atoms with Crippen LogP contribution in [0.2, 0.25) is 0 Å². The zero-order chi connectivity index (χ0) is 26.4. The van der Waals surface area contributed by atoms with Crippen molar-refractivity contribution in [2.75, 3.05) is 31.1 Å². The van der Waals surface area contributed by atoms with E-state index in [1.807, 2.05) is 11.6 Å². The number of sulfonamides is 1. The van der Waals surface area contributed by atoms with Gasteiger partial charge in [-0.1, -0.05) is 12.1 Å². The van der Waals surface area contributed by atoms with Crippen LogP contribution in [0.3, 0.4) is 0 Å². The minimum atomic E-state index is -4.87. The van der Waals surface area contributed by atoms with Gasteiger partial charge in [0.15, 0.2) is 5.01 Å². The molecule has 0 spiro atoms. The van der Waals surface area contributed by atoms with E-state index in [4.69, 9.17) is 14.2 Å². The van der Waals surface area contributed by atoms with Crippen molar-refractivity contribution in [1.29, 1.82) is 0 Å². The van der Waals surface area contributed by atoms with Gasteiger partial charge >= 0.3 is 5.76 Å². The highest BCUT2D eigenvalue weighted by Gasteiger charge is 2.30. The molecule has 1 aromatic carbocycles. The summed E-state index contributed by atoms with van der Waals surface area (Å²) >= 11 is 1.09. The molecule has 37 heavy (non-hydrogen) atoms. The molecule has 198 valence electrons. The van der Waals surface area contributed by atoms with E-state index in [9.17, 15) is 22.0 Å². The number of carbonyl (C=O) groups excluding carboxylic acids is 1. The van der Waals surface area contributed by atoms with Gasteiger partial charge in [-0.15, -0.1) is 11.3 Å². The second-order valence-corrected chi connectivity index (χ2v) is 10.4. The molecule has 1 saturated heterocycles. The number of carbonyl (C=O) groups is 1. The molecule has 1 aliphatic rings. The second-order valence-electron chi connectivity index (χ2n) is 7.67. The number of nitrogens with zero attached hydrogens (tertiary/aromatic N) is 3. The van der Waals surface area contributed by atoms with Crippen LogP contribution < -0.4 is 14.8 Å². The fourth-order valence-electron chi connectivity index (χ4n) is 3.48. The number of nitrogens with one attached hydrogen (secondary N) is 2. The smallest absolute Gasteiger partial charge is 0.355 e. The lowest BCUT2D eigenvalue weighted by Crippen LogP contribution is -2.42. The zero-order valence-electron chi connectivity index (χ0n) is 19.5. The lowest BCUT2D eigenvalue weighted by atomic mass is 10.0. The molecule has 0 saturated carbocycles. The summed E-state index contributed by atoms with van der Waals surface area (Å²) in [6.07, 6.45) is 3.88. The number of thiazole rings is 1. The summed E-state index contributed by atoms with van der Waals surface area (Å²) in [5.41, 5.74) is 0.825. The van der Waals surface area contributed by atoms with Crippen molar-refractivity contribution in [2.45, 2.75) is 24.8 Å². The first-order valence-corrected chi connectivity index (χ1v) is 13.4. The third-order valence-electron chi connectivity index (χ3n) is 5.10. The van der Waals surface area contributed by atoms with Gasteiger partial charge in [-0.2, -0.15) is 8.78 Å². The first-order valence-electron chi connectivity index (χ1n) is 11.1. The Hall–Kier alpha value is -3.27. The number of ether oxygens (including phenoxy) is 3. The summed E-state index contributed by atoms with van der Waals surface area (Å²) in [6, 6.07) is 4.98. The Morgan fingerprint density at radius 2 is 2.11 bits per heavy atom. The zero-order valence-corrected chi connectivity index (χ0v) is 21.1. The van der Waals surface area contributed by atoms with Gasteiger partial charge in [0, 0.05) is 11.9 Å². The maximum Gasteiger partial charge on any atom is 0.355 e. The van der Waals surface area contributed by atoms with Crippen LogP contribution in [0, 0.1) is 0 Å². The molecule has 3 heterocycles. The molecule has 15 heteroatoms. The van der Waals surface area contributed by atoms with E-state index in [2.05, 4.69) is 20.3 Å². The third kappa shape index (κ3) is 6.74. The second kappa shape index (κ2) is 11.9. The fraction of sp³-hybridized carbons (Fsp3) is 0.364. The molecule has 3 aromatic rings. The molecule has 2 atom stereocenters. The van der Waals surface area contributed by atoms with E-state index in [1.165, 1.54) is 36.8 Å². The Bertz CT molecular complexity index is 1330. The van der Waals surface area contributed by atoms with Crippen molar-refractivity contribution in [3.63, 3.8) is 0 Å². The molecule has 1 amide bonds. The van der Waals surface area contributed by atoms with Gasteiger partial charge in [-0.05, 0) is 24.6 Å². The van der Waals surface area contributed by atoms with Crippen molar-refractivity contribution in [2.24, 2.45) is 0 Å². The number of halogens is 2. The molecule has 0 unspecified atom stereocenters. The average Bonchev–Trinajstić information content (AvgIpc) is 3.39. The summed E-state index contributed by atoms with van der Waals surface area (Å²) < 4.78 is 67.4. The molecule has 0 aliphatic carbocycles. The minimum Gasteiger partial charge on any atom is -0.477 e. The average molecular weight is 556 g/mol. The van der Waals surface area contributed by atoms with Gasteiger partial charge in [0.1, 0.15) is 11.8 Å². The van der Waals surface area contributed by atoms with Crippen molar-refractivity contribution >= 4 is 33.0 Å². The maximum absolute atomic E-state index is 13.2. The summed E-state index contributed by atoms with van der Waals surface area (Å²) in [7, 11) is -4.87. The Balaban J connectivity index is 1.57. The maximum atomic E-state index is 13.2. The first kappa shape index (κ1) is 26.8. The van der Waals surface area contributed by atoms with Gasteiger partial charge in [-0.25, -0.2) is 18.4 Å². The number of benzene rings is 1. The van der Waals surface area contributed by atoms with Crippen molar-refractivity contribution in [3.8, 4) is 16.5 Å². The normalized spacial score (nSPS) is 16.8. The van der Waals surface area contributed by atoms with E-state index in [1.54, 1.807) is 6.07 Å². The number of hydrogen-bond acceptors (Lipinski definition) is 10. The Labute approximate surface area is 215 Å². The molecule has 2 N–H and O–H groups in total. The van der Waals surface area contributed by atoms with Gasteiger partial charge in [-0.3, -0.25) is 14.5 Å². The number of aromatic nitrogens is 3. The largest absolute Gasteiger partial charge is 0.477 e. The van der Waals surface area contributed by atoms with Crippen LogP contribution >= 0.6 is 11.3 Å². The van der Waals surface area contributed by atoms with Crippen molar-refractivity contribution in [1.82, 2.24) is 20.3 Å². The number of hydrogen-bond donors (Lipinski definition) is 2. The third-order valence-corrected chi connectivity index (χ3v) is 7.11. The number of anilines is 1. The number of alkyl halides is 2. The summed E-state index contributed by atoms with van der Waals surface area (Å²) in [5, 5.41) is 2.98. The van der Waals surface area contributed by atoms with Crippen LogP contribution in [0.4, 0.5) is 14.5 Å². The highest BCUT2D eigenvalue weighted by molar-refractivity contribution is 7.93. The molecule has 0 radical (unpaired) electrons. The van der Waals surface area contributed by atoms with Crippen LogP contribution in [0.5, 0.6) is 5.88 Å². The minimum absolute atomic E-state index is 0.0851. The predicted molar refractivity (Wildman–Crippen MR) is 130 cm³/mol. The Kier molecular flexibility index (Phi) is 8.58. The molecule has 0 bridgehead atoms. The Morgan fingerprint density at radius 1 is 1.27 bits per heavy atom. The summed E-state index contributed by atoms with van der Waals surface area (Å²) in [4.78, 5) is 26.4. The van der Waals surface area contributed by atoms with Crippen LogP contribution in [-0.2, 0) is 19.5 Å². The molecule has 11 nitrogen and oxygen atoms in total. The predicted octanol–water partition coefficient (Wildman–Crippen LogP) is 2.85. The van der Waals surface area contributed by atoms with Crippen LogP contribution in [-0.4, -0.2) is 67.6 Å². The lowest BCUT2D eigenvalue weighted by Gasteiger charge is -2.31. The van der Waals surface area contributed by atoms with E-state index < -0.39 is 33.8 Å². The van der Waals surface area contributed by atoms with Crippen LogP contribution in [0.15, 0.2) is 42.9 Å². The molecule has 4 rings (SSSR count). The van der Waals surface area contributed by atoms with Crippen molar-refractivity contribution in [3.05, 3.63) is 53.4 Å². The topological polar surface area (TPSA) is 142 Å². The molecule has 2 aromatic heterocycles. The van der Waals surface area contributed by atoms with Gasteiger partial charge in [0.25, 0.3) is 15.9 Å². The van der Waals surface area contributed by atoms with Gasteiger partial charge < -0.3 is 19.5 Å². The fourth-order valence-corrected chi connectivity index (χ4v) is 4.80. The van der Waals surface area contributed by atoms with Crippen LogP contribution in [0.25, 0.3) is 10.6 Å². The summed E-state index contributed by atoms with van der Waals surface area (Å²) in [5.74, 6) is -3.78. The molecular weight excluding hydrogens is 532 g/mol. The SMILES string of the molecule is CCOc1cncc(-c2cnc(C(=O)N[C@H](c3cccc(NS(=O)(=O)C(F)F)c3)[C@H]3COCCO3)s2)n1. The number of amides is 1. The monoisotopic (exact) mass is 555 g/mol. The lowest BCUT2D eigenvalue weighted by molar-refractivity contribution is -0.101. The molecular formula is C22H23F2N5O6S2.